The van der Waals surface area contributed by atoms with Crippen molar-refractivity contribution in [2.24, 2.45) is 0 Å². The molecule has 1 fully saturated rings. The van der Waals surface area contributed by atoms with E-state index in [2.05, 4.69) is 78.9 Å². The van der Waals surface area contributed by atoms with Gasteiger partial charge in [0.05, 0.1) is 18.8 Å². The minimum Gasteiger partial charge on any atom is -0.394 e. The maximum absolute atomic E-state index is 9.99. The second-order valence-corrected chi connectivity index (χ2v) is 7.53. The van der Waals surface area contributed by atoms with E-state index in [0.29, 0.717) is 6.42 Å². The monoisotopic (exact) mass is 370 g/mol. The van der Waals surface area contributed by atoms with Gasteiger partial charge in [-0.2, -0.15) is 0 Å². The van der Waals surface area contributed by atoms with Crippen LogP contribution in [0, 0.1) is 0 Å². The van der Waals surface area contributed by atoms with Crippen molar-refractivity contribution in [2.75, 3.05) is 6.61 Å². The Bertz CT molecular complexity index is 1150. The molecule has 5 rings (SSSR count). The third-order valence-corrected chi connectivity index (χ3v) is 5.72. The summed E-state index contributed by atoms with van der Waals surface area (Å²) in [5.74, 6) is 0. The fraction of sp³-hybridized carbons (Fsp3) is 0.200. The zero-order valence-electron chi connectivity index (χ0n) is 15.5. The maximum atomic E-state index is 9.99. The van der Waals surface area contributed by atoms with Crippen molar-refractivity contribution in [1.29, 1.82) is 0 Å². The molecule has 1 heterocycles. The van der Waals surface area contributed by atoms with Gasteiger partial charge in [0.25, 0.3) is 0 Å². The quantitative estimate of drug-likeness (QED) is 0.542. The highest BCUT2D eigenvalue weighted by Gasteiger charge is 2.34. The third kappa shape index (κ3) is 3.08. The molecular formula is C25H22O3. The molecule has 0 spiro atoms. The van der Waals surface area contributed by atoms with Crippen LogP contribution in [-0.2, 0) is 4.74 Å². The zero-order valence-corrected chi connectivity index (χ0v) is 15.5. The van der Waals surface area contributed by atoms with Gasteiger partial charge in [-0.15, -0.1) is 0 Å². The molecule has 3 heteroatoms. The van der Waals surface area contributed by atoms with E-state index in [1.807, 2.05) is 0 Å². The summed E-state index contributed by atoms with van der Waals surface area (Å²) in [5, 5.41) is 24.1. The van der Waals surface area contributed by atoms with Crippen molar-refractivity contribution in [3.63, 3.8) is 0 Å². The van der Waals surface area contributed by atoms with Gasteiger partial charge in [0.2, 0.25) is 0 Å². The summed E-state index contributed by atoms with van der Waals surface area (Å²) in [6.07, 6.45) is -0.750. The van der Waals surface area contributed by atoms with Crippen LogP contribution >= 0.6 is 0 Å². The Morgan fingerprint density at radius 1 is 0.750 bits per heavy atom. The van der Waals surface area contributed by atoms with E-state index in [4.69, 9.17) is 4.74 Å². The molecule has 1 unspecified atom stereocenters. The molecular weight excluding hydrogens is 348 g/mol. The average Bonchev–Trinajstić information content (AvgIpc) is 3.13. The van der Waals surface area contributed by atoms with Crippen LogP contribution in [0.5, 0.6) is 0 Å². The summed E-state index contributed by atoms with van der Waals surface area (Å²) >= 11 is 0. The lowest BCUT2D eigenvalue weighted by Crippen LogP contribution is -2.24. The number of aliphatic hydroxyl groups is 2. The van der Waals surface area contributed by atoms with Gasteiger partial charge < -0.3 is 14.9 Å². The summed E-state index contributed by atoms with van der Waals surface area (Å²) in [5.41, 5.74) is 3.44. The summed E-state index contributed by atoms with van der Waals surface area (Å²) in [6, 6.07) is 27.7. The Hall–Kier alpha value is -2.72. The Balaban J connectivity index is 1.48. The minimum atomic E-state index is -0.610. The molecule has 1 saturated heterocycles. The second-order valence-electron chi connectivity index (χ2n) is 7.53. The van der Waals surface area contributed by atoms with Gasteiger partial charge in [-0.25, -0.2) is 0 Å². The Labute approximate surface area is 163 Å². The molecule has 28 heavy (non-hydrogen) atoms. The largest absolute Gasteiger partial charge is 0.394 e. The Morgan fingerprint density at radius 3 is 2.07 bits per heavy atom. The third-order valence-electron chi connectivity index (χ3n) is 5.72. The number of hydrogen-bond acceptors (Lipinski definition) is 3. The van der Waals surface area contributed by atoms with E-state index in [9.17, 15) is 10.2 Å². The summed E-state index contributed by atoms with van der Waals surface area (Å²) < 4.78 is 5.79. The number of fused-ring (bicyclic) bond motifs is 2. The van der Waals surface area contributed by atoms with E-state index in [0.717, 1.165) is 10.9 Å². The van der Waals surface area contributed by atoms with Crippen LogP contribution < -0.4 is 0 Å². The van der Waals surface area contributed by atoms with Crippen LogP contribution in [0.15, 0.2) is 78.9 Å². The number of hydrogen-bond donors (Lipinski definition) is 2. The number of ether oxygens (including phenoxy) is 1. The van der Waals surface area contributed by atoms with Crippen LogP contribution in [0.2, 0.25) is 0 Å². The topological polar surface area (TPSA) is 49.7 Å². The average molecular weight is 370 g/mol. The number of rotatable bonds is 3. The summed E-state index contributed by atoms with van der Waals surface area (Å²) in [4.78, 5) is 0. The van der Waals surface area contributed by atoms with Crippen molar-refractivity contribution >= 4 is 21.5 Å². The van der Waals surface area contributed by atoms with Gasteiger partial charge >= 0.3 is 0 Å². The molecule has 4 aromatic rings. The molecule has 0 radical (unpaired) electrons. The second kappa shape index (κ2) is 7.02. The summed E-state index contributed by atoms with van der Waals surface area (Å²) in [6.45, 7) is -0.152. The molecule has 4 aromatic carbocycles. The van der Waals surface area contributed by atoms with Crippen LogP contribution in [0.25, 0.3) is 32.7 Å². The standard InChI is InChI=1S/C25H22O3/c26-15-25-23(27)14-24(28-25)22-10-9-20-12-19(7-8-21(20)13-22)18-6-5-16-3-1-2-4-17(16)11-18/h1-13,23-27H,14-15H2/t23-,24?,25+/m0/s1. The van der Waals surface area contributed by atoms with Crippen LogP contribution in [0.1, 0.15) is 18.1 Å². The molecule has 1 aliphatic heterocycles. The minimum absolute atomic E-state index is 0.152. The molecule has 0 saturated carbocycles. The summed E-state index contributed by atoms with van der Waals surface area (Å²) in [7, 11) is 0. The van der Waals surface area contributed by atoms with Crippen molar-refractivity contribution in [1.82, 2.24) is 0 Å². The highest BCUT2D eigenvalue weighted by Crippen LogP contribution is 2.35. The van der Waals surface area contributed by atoms with Crippen molar-refractivity contribution in [3.05, 3.63) is 84.4 Å². The smallest absolute Gasteiger partial charge is 0.107 e. The molecule has 0 amide bonds. The zero-order chi connectivity index (χ0) is 19.1. The van der Waals surface area contributed by atoms with E-state index in [1.165, 1.54) is 27.3 Å². The van der Waals surface area contributed by atoms with Crippen LogP contribution in [-0.4, -0.2) is 29.0 Å². The predicted molar refractivity (Wildman–Crippen MR) is 112 cm³/mol. The van der Waals surface area contributed by atoms with Gasteiger partial charge in [0.1, 0.15) is 6.10 Å². The molecule has 3 atom stereocenters. The lowest BCUT2D eigenvalue weighted by Gasteiger charge is -2.13. The van der Waals surface area contributed by atoms with Crippen molar-refractivity contribution < 1.29 is 14.9 Å². The Kier molecular flexibility index (Phi) is 4.36. The van der Waals surface area contributed by atoms with Gasteiger partial charge in [-0.3, -0.25) is 0 Å². The predicted octanol–water partition coefficient (Wildman–Crippen LogP) is 4.84. The Morgan fingerprint density at radius 2 is 1.36 bits per heavy atom. The van der Waals surface area contributed by atoms with Crippen LogP contribution in [0.3, 0.4) is 0 Å². The lowest BCUT2D eigenvalue weighted by atomic mass is 9.96. The fourth-order valence-corrected chi connectivity index (χ4v) is 4.12. The normalized spacial score (nSPS) is 22.1. The first-order valence-electron chi connectivity index (χ1n) is 9.68. The molecule has 0 aliphatic carbocycles. The molecule has 0 bridgehead atoms. The first-order chi connectivity index (χ1) is 13.7. The van der Waals surface area contributed by atoms with E-state index >= 15 is 0 Å². The highest BCUT2D eigenvalue weighted by atomic mass is 16.5. The molecule has 3 nitrogen and oxygen atoms in total. The van der Waals surface area contributed by atoms with Gasteiger partial charge in [0.15, 0.2) is 0 Å². The fourth-order valence-electron chi connectivity index (χ4n) is 4.12. The van der Waals surface area contributed by atoms with E-state index < -0.39 is 12.2 Å². The maximum Gasteiger partial charge on any atom is 0.107 e. The van der Waals surface area contributed by atoms with Gasteiger partial charge in [0, 0.05) is 6.42 Å². The van der Waals surface area contributed by atoms with Crippen molar-refractivity contribution in [2.45, 2.75) is 24.7 Å². The number of benzene rings is 4. The molecule has 0 aromatic heterocycles. The SMILES string of the molecule is OC[C@H]1OC(c2ccc3cc(-c4ccc5ccccc5c4)ccc3c2)C[C@@H]1O. The highest BCUT2D eigenvalue weighted by molar-refractivity contribution is 5.91. The number of aliphatic hydroxyl groups excluding tert-OH is 2. The molecule has 1 aliphatic rings. The van der Waals surface area contributed by atoms with Gasteiger partial charge in [-0.05, 0) is 56.4 Å². The first-order valence-corrected chi connectivity index (χ1v) is 9.68. The molecule has 2 N–H and O–H groups in total. The molecule has 140 valence electrons. The first kappa shape index (κ1) is 17.4. The van der Waals surface area contributed by atoms with Crippen molar-refractivity contribution in [3.8, 4) is 11.1 Å². The van der Waals surface area contributed by atoms with Gasteiger partial charge in [-0.1, -0.05) is 60.7 Å². The van der Waals surface area contributed by atoms with E-state index in [-0.39, 0.29) is 12.7 Å². The lowest BCUT2D eigenvalue weighted by molar-refractivity contribution is -0.0225. The van der Waals surface area contributed by atoms with E-state index in [1.54, 1.807) is 0 Å². The van der Waals surface area contributed by atoms with Crippen LogP contribution in [0.4, 0.5) is 0 Å².